The molecule has 7 heteroatoms. The Kier molecular flexibility index (Phi) is 4.47. The molecule has 0 saturated carbocycles. The van der Waals surface area contributed by atoms with Crippen LogP contribution in [-0.2, 0) is 0 Å². The number of hydrogen-bond donors (Lipinski definition) is 1. The summed E-state index contributed by atoms with van der Waals surface area (Å²) in [7, 11) is 2.09. The van der Waals surface area contributed by atoms with E-state index in [1.807, 2.05) is 0 Å². The Morgan fingerprint density at radius 1 is 1.17 bits per heavy atom. The minimum absolute atomic E-state index is 0.201. The maximum atomic E-state index is 13.1. The second-order valence-electron chi connectivity index (χ2n) is 5.51. The molecule has 2 heterocycles. The quantitative estimate of drug-likeness (QED) is 0.932. The molecular weight excluding hydrogens is 297 g/mol. The number of amides is 1. The van der Waals surface area contributed by atoms with Gasteiger partial charge in [-0.1, -0.05) is 6.07 Å². The van der Waals surface area contributed by atoms with Gasteiger partial charge in [0.25, 0.3) is 5.91 Å². The van der Waals surface area contributed by atoms with E-state index < -0.39 is 11.7 Å². The topological polar surface area (TPSA) is 61.4 Å². The van der Waals surface area contributed by atoms with Gasteiger partial charge in [-0.25, -0.2) is 14.4 Å². The van der Waals surface area contributed by atoms with Crippen LogP contribution in [-0.4, -0.2) is 54.0 Å². The number of hydrogen-bond acceptors (Lipinski definition) is 5. The second kappa shape index (κ2) is 6.70. The summed E-state index contributed by atoms with van der Waals surface area (Å²) in [6.07, 6.45) is 3.05. The van der Waals surface area contributed by atoms with Gasteiger partial charge >= 0.3 is 0 Å². The Labute approximate surface area is 134 Å². The standard InChI is InChI=1S/C16H18FN5O/c1-21-5-7-22(8-6-21)15-11-18-14(10-19-15)16(23)20-13-4-2-3-12(17)9-13/h2-4,9-11H,5-8H2,1H3,(H,20,23). The lowest BCUT2D eigenvalue weighted by Crippen LogP contribution is -2.44. The lowest BCUT2D eigenvalue weighted by molar-refractivity contribution is 0.102. The average molecular weight is 315 g/mol. The number of piperazine rings is 1. The molecule has 1 saturated heterocycles. The molecule has 0 unspecified atom stereocenters. The van der Waals surface area contributed by atoms with E-state index in [2.05, 4.69) is 32.1 Å². The molecule has 0 bridgehead atoms. The van der Waals surface area contributed by atoms with E-state index in [1.54, 1.807) is 12.3 Å². The predicted octanol–water partition coefficient (Wildman–Crippen LogP) is 1.62. The van der Waals surface area contributed by atoms with Gasteiger partial charge in [0, 0.05) is 31.9 Å². The van der Waals surface area contributed by atoms with Gasteiger partial charge in [0.15, 0.2) is 0 Å². The first-order valence-electron chi connectivity index (χ1n) is 7.44. The van der Waals surface area contributed by atoms with Crippen molar-refractivity contribution >= 4 is 17.4 Å². The zero-order valence-corrected chi connectivity index (χ0v) is 12.9. The number of aromatic nitrogens is 2. The molecule has 1 aromatic carbocycles. The Bertz CT molecular complexity index is 683. The molecule has 0 atom stereocenters. The van der Waals surface area contributed by atoms with Crippen LogP contribution >= 0.6 is 0 Å². The Hall–Kier alpha value is -2.54. The zero-order chi connectivity index (χ0) is 16.2. The van der Waals surface area contributed by atoms with Crippen LogP contribution in [0.1, 0.15) is 10.5 Å². The molecule has 3 rings (SSSR count). The van der Waals surface area contributed by atoms with Crippen LogP contribution in [0.4, 0.5) is 15.9 Å². The Balaban J connectivity index is 1.65. The predicted molar refractivity (Wildman–Crippen MR) is 86.1 cm³/mol. The van der Waals surface area contributed by atoms with Gasteiger partial charge < -0.3 is 15.1 Å². The molecule has 0 spiro atoms. The van der Waals surface area contributed by atoms with Crippen molar-refractivity contribution in [3.8, 4) is 0 Å². The summed E-state index contributed by atoms with van der Waals surface area (Å²) in [5.74, 6) is -0.0484. The molecule has 0 radical (unpaired) electrons. The van der Waals surface area contributed by atoms with E-state index in [0.717, 1.165) is 32.0 Å². The summed E-state index contributed by atoms with van der Waals surface area (Å²) >= 11 is 0. The van der Waals surface area contributed by atoms with Crippen molar-refractivity contribution in [1.29, 1.82) is 0 Å². The fraction of sp³-hybridized carbons (Fsp3) is 0.312. The van der Waals surface area contributed by atoms with Gasteiger partial charge in [-0.3, -0.25) is 4.79 Å². The minimum atomic E-state index is -0.409. The molecule has 1 aliphatic heterocycles. The number of benzene rings is 1. The van der Waals surface area contributed by atoms with Crippen LogP contribution in [0, 0.1) is 5.82 Å². The highest BCUT2D eigenvalue weighted by Crippen LogP contribution is 2.13. The van der Waals surface area contributed by atoms with E-state index in [-0.39, 0.29) is 5.69 Å². The molecule has 1 amide bonds. The van der Waals surface area contributed by atoms with E-state index in [0.29, 0.717) is 5.69 Å². The number of anilines is 2. The third-order valence-electron chi connectivity index (χ3n) is 3.78. The second-order valence-corrected chi connectivity index (χ2v) is 5.51. The van der Waals surface area contributed by atoms with Crippen LogP contribution in [0.25, 0.3) is 0 Å². The van der Waals surface area contributed by atoms with Crippen LogP contribution in [0.15, 0.2) is 36.7 Å². The number of halogens is 1. The number of carbonyl (C=O) groups is 1. The van der Waals surface area contributed by atoms with Crippen LogP contribution in [0.2, 0.25) is 0 Å². The van der Waals surface area contributed by atoms with Crippen molar-refractivity contribution in [2.75, 3.05) is 43.4 Å². The highest BCUT2D eigenvalue weighted by molar-refractivity contribution is 6.02. The fourth-order valence-electron chi connectivity index (χ4n) is 2.40. The molecular formula is C16H18FN5O. The van der Waals surface area contributed by atoms with Crippen molar-refractivity contribution < 1.29 is 9.18 Å². The van der Waals surface area contributed by atoms with Gasteiger partial charge in [-0.05, 0) is 25.2 Å². The number of likely N-dealkylation sites (N-methyl/N-ethyl adjacent to an activating group) is 1. The van der Waals surface area contributed by atoms with Crippen LogP contribution in [0.5, 0.6) is 0 Å². The van der Waals surface area contributed by atoms with Gasteiger partial charge in [0.1, 0.15) is 17.3 Å². The summed E-state index contributed by atoms with van der Waals surface area (Å²) < 4.78 is 13.1. The molecule has 1 fully saturated rings. The normalized spacial score (nSPS) is 15.5. The highest BCUT2D eigenvalue weighted by Gasteiger charge is 2.16. The fourth-order valence-corrected chi connectivity index (χ4v) is 2.40. The van der Waals surface area contributed by atoms with Crippen molar-refractivity contribution in [2.24, 2.45) is 0 Å². The maximum absolute atomic E-state index is 13.1. The molecule has 23 heavy (non-hydrogen) atoms. The van der Waals surface area contributed by atoms with Crippen molar-refractivity contribution in [3.05, 3.63) is 48.2 Å². The molecule has 6 nitrogen and oxygen atoms in total. The van der Waals surface area contributed by atoms with E-state index in [4.69, 9.17) is 0 Å². The molecule has 1 N–H and O–H groups in total. The maximum Gasteiger partial charge on any atom is 0.275 e. The van der Waals surface area contributed by atoms with Crippen molar-refractivity contribution in [2.45, 2.75) is 0 Å². The minimum Gasteiger partial charge on any atom is -0.353 e. The smallest absolute Gasteiger partial charge is 0.275 e. The molecule has 120 valence electrons. The molecule has 1 aromatic heterocycles. The number of rotatable bonds is 3. The van der Waals surface area contributed by atoms with Crippen LogP contribution in [0.3, 0.4) is 0 Å². The van der Waals surface area contributed by atoms with Gasteiger partial charge in [0.2, 0.25) is 0 Å². The summed E-state index contributed by atoms with van der Waals surface area (Å²) in [5.41, 5.74) is 0.590. The largest absolute Gasteiger partial charge is 0.353 e. The third kappa shape index (κ3) is 3.81. The van der Waals surface area contributed by atoms with Crippen LogP contribution < -0.4 is 10.2 Å². The van der Waals surface area contributed by atoms with E-state index >= 15 is 0 Å². The monoisotopic (exact) mass is 315 g/mol. The lowest BCUT2D eigenvalue weighted by Gasteiger charge is -2.32. The summed E-state index contributed by atoms with van der Waals surface area (Å²) in [5, 5.41) is 2.60. The van der Waals surface area contributed by atoms with Gasteiger partial charge in [0.05, 0.1) is 12.4 Å². The van der Waals surface area contributed by atoms with E-state index in [1.165, 1.54) is 24.4 Å². The molecule has 1 aliphatic rings. The van der Waals surface area contributed by atoms with Gasteiger partial charge in [-0.15, -0.1) is 0 Å². The number of nitrogens with one attached hydrogen (secondary N) is 1. The highest BCUT2D eigenvalue weighted by atomic mass is 19.1. The summed E-state index contributed by atoms with van der Waals surface area (Å²) in [6.45, 7) is 3.73. The van der Waals surface area contributed by atoms with Crippen molar-refractivity contribution in [3.63, 3.8) is 0 Å². The number of carbonyl (C=O) groups excluding carboxylic acids is 1. The Morgan fingerprint density at radius 3 is 2.61 bits per heavy atom. The summed E-state index contributed by atoms with van der Waals surface area (Å²) in [4.78, 5) is 25.0. The zero-order valence-electron chi connectivity index (χ0n) is 12.9. The summed E-state index contributed by atoms with van der Waals surface area (Å²) in [6, 6.07) is 5.73. The molecule has 0 aliphatic carbocycles. The first-order chi connectivity index (χ1) is 11.1. The first-order valence-corrected chi connectivity index (χ1v) is 7.44. The van der Waals surface area contributed by atoms with Gasteiger partial charge in [-0.2, -0.15) is 0 Å². The SMILES string of the molecule is CN1CCN(c2cnc(C(=O)Nc3cccc(F)c3)cn2)CC1. The lowest BCUT2D eigenvalue weighted by atomic mass is 10.3. The first kappa shape index (κ1) is 15.4. The van der Waals surface area contributed by atoms with E-state index in [9.17, 15) is 9.18 Å². The number of nitrogens with zero attached hydrogens (tertiary/aromatic N) is 4. The Morgan fingerprint density at radius 2 is 1.96 bits per heavy atom. The van der Waals surface area contributed by atoms with Crippen molar-refractivity contribution in [1.82, 2.24) is 14.9 Å². The average Bonchev–Trinajstić information content (AvgIpc) is 2.56. The third-order valence-corrected chi connectivity index (χ3v) is 3.78. The molecule has 2 aromatic rings.